The fraction of sp³-hybridized carbons (Fsp3) is 0.154. The van der Waals surface area contributed by atoms with Gasteiger partial charge in [-0.3, -0.25) is 9.79 Å². The lowest BCUT2D eigenvalue weighted by molar-refractivity contribution is 0.280. The first-order chi connectivity index (χ1) is 16.0. The van der Waals surface area contributed by atoms with Gasteiger partial charge in [0, 0.05) is 23.8 Å². The van der Waals surface area contributed by atoms with Gasteiger partial charge in [0.15, 0.2) is 0 Å². The topological polar surface area (TPSA) is 85.2 Å². The Labute approximate surface area is 192 Å². The van der Waals surface area contributed by atoms with E-state index in [0.29, 0.717) is 37.0 Å². The molecule has 0 spiro atoms. The van der Waals surface area contributed by atoms with Crippen molar-refractivity contribution in [3.8, 4) is 17.2 Å². The molecule has 0 amide bonds. The van der Waals surface area contributed by atoms with Gasteiger partial charge in [0.2, 0.25) is 0 Å². The summed E-state index contributed by atoms with van der Waals surface area (Å²) in [6.07, 6.45) is 0.952. The average Bonchev–Trinajstić information content (AvgIpc) is 2.81. The molecule has 4 aromatic carbocycles. The highest BCUT2D eigenvalue weighted by Gasteiger charge is 2.23. The summed E-state index contributed by atoms with van der Waals surface area (Å²) >= 11 is 0. The number of phosphoric ester groups is 1. The van der Waals surface area contributed by atoms with Gasteiger partial charge < -0.3 is 14.0 Å². The molecule has 0 radical (unpaired) electrons. The molecule has 0 aliphatic carbocycles. The van der Waals surface area contributed by atoms with Crippen molar-refractivity contribution in [2.24, 2.45) is 0 Å². The molecule has 4 rings (SSSR count). The summed E-state index contributed by atoms with van der Waals surface area (Å²) < 4.78 is 28.8. The molecule has 170 valence electrons. The fourth-order valence-electron chi connectivity index (χ4n) is 3.72. The van der Waals surface area contributed by atoms with E-state index in [1.807, 2.05) is 84.9 Å². The maximum Gasteiger partial charge on any atom is 0.524 e. The van der Waals surface area contributed by atoms with Crippen LogP contribution in [0.1, 0.15) is 11.1 Å². The molecule has 0 fully saturated rings. The van der Waals surface area contributed by atoms with E-state index in [4.69, 9.17) is 14.0 Å². The molecule has 0 aliphatic rings. The predicted octanol–water partition coefficient (Wildman–Crippen LogP) is 5.55. The molecule has 0 saturated carbocycles. The molecular formula is C26H25O6P. The Morgan fingerprint density at radius 2 is 1.24 bits per heavy atom. The van der Waals surface area contributed by atoms with Gasteiger partial charge in [0.25, 0.3) is 0 Å². The van der Waals surface area contributed by atoms with Crippen LogP contribution in [0.3, 0.4) is 0 Å². The fourth-order valence-corrected chi connectivity index (χ4v) is 4.16. The quantitative estimate of drug-likeness (QED) is 0.299. The summed E-state index contributed by atoms with van der Waals surface area (Å²) in [5.41, 5.74) is 1.59. The summed E-state index contributed by atoms with van der Waals surface area (Å²) in [5.74, 6) is 1.68. The lowest BCUT2D eigenvalue weighted by atomic mass is 9.95. The minimum atomic E-state index is -4.77. The van der Waals surface area contributed by atoms with Crippen LogP contribution in [-0.4, -0.2) is 23.0 Å². The highest BCUT2D eigenvalue weighted by molar-refractivity contribution is 7.46. The van der Waals surface area contributed by atoms with Crippen LogP contribution in [0.4, 0.5) is 0 Å². The minimum absolute atomic E-state index is 0.188. The predicted molar refractivity (Wildman–Crippen MR) is 128 cm³/mol. The molecule has 0 heterocycles. The zero-order valence-corrected chi connectivity index (χ0v) is 18.9. The first kappa shape index (κ1) is 22.9. The van der Waals surface area contributed by atoms with Crippen molar-refractivity contribution in [1.82, 2.24) is 0 Å². The van der Waals surface area contributed by atoms with Crippen LogP contribution in [-0.2, 0) is 17.4 Å². The van der Waals surface area contributed by atoms with Crippen molar-refractivity contribution < 1.29 is 28.3 Å². The van der Waals surface area contributed by atoms with Gasteiger partial charge in [-0.2, -0.15) is 0 Å². The first-order valence-corrected chi connectivity index (χ1v) is 12.2. The van der Waals surface area contributed by atoms with Crippen molar-refractivity contribution in [2.75, 3.05) is 13.2 Å². The molecule has 6 nitrogen and oxygen atoms in total. The largest absolute Gasteiger partial charge is 0.524 e. The minimum Gasteiger partial charge on any atom is -0.493 e. The second-order valence-electron chi connectivity index (χ2n) is 7.47. The Hall–Kier alpha value is -3.31. The average molecular weight is 464 g/mol. The summed E-state index contributed by atoms with van der Waals surface area (Å²) in [4.78, 5) is 19.2. The summed E-state index contributed by atoms with van der Waals surface area (Å²) in [6, 6.07) is 28.3. The van der Waals surface area contributed by atoms with Crippen molar-refractivity contribution in [3.05, 3.63) is 102 Å². The maximum absolute atomic E-state index is 11.8. The van der Waals surface area contributed by atoms with E-state index in [1.54, 1.807) is 6.07 Å². The Morgan fingerprint density at radius 3 is 1.85 bits per heavy atom. The highest BCUT2D eigenvalue weighted by atomic mass is 31.2. The number of para-hydroxylation sites is 2. The van der Waals surface area contributed by atoms with Gasteiger partial charge in [0.1, 0.15) is 17.2 Å². The molecule has 0 aromatic heterocycles. The molecule has 33 heavy (non-hydrogen) atoms. The zero-order valence-electron chi connectivity index (χ0n) is 18.0. The Morgan fingerprint density at radius 1 is 0.697 bits per heavy atom. The smallest absolute Gasteiger partial charge is 0.493 e. The van der Waals surface area contributed by atoms with Crippen molar-refractivity contribution in [3.63, 3.8) is 0 Å². The zero-order chi connectivity index (χ0) is 23.1. The molecule has 4 aromatic rings. The molecule has 7 heteroatoms. The number of hydrogen-bond donors (Lipinski definition) is 2. The van der Waals surface area contributed by atoms with Crippen LogP contribution in [0, 0.1) is 0 Å². The summed E-state index contributed by atoms with van der Waals surface area (Å²) in [5, 5.41) is 1.48. The monoisotopic (exact) mass is 464 g/mol. The van der Waals surface area contributed by atoms with Crippen LogP contribution in [0.25, 0.3) is 10.8 Å². The second-order valence-corrected chi connectivity index (χ2v) is 8.63. The second kappa shape index (κ2) is 10.5. The number of hydrogen-bond acceptors (Lipinski definition) is 4. The third kappa shape index (κ3) is 6.36. The van der Waals surface area contributed by atoms with E-state index in [0.717, 1.165) is 22.4 Å². The van der Waals surface area contributed by atoms with E-state index in [1.165, 1.54) is 0 Å². The van der Waals surface area contributed by atoms with E-state index < -0.39 is 7.82 Å². The van der Waals surface area contributed by atoms with Gasteiger partial charge in [0.05, 0.1) is 13.2 Å². The molecule has 0 saturated heterocycles. The van der Waals surface area contributed by atoms with Crippen LogP contribution in [0.2, 0.25) is 0 Å². The third-order valence-corrected chi connectivity index (χ3v) is 5.57. The van der Waals surface area contributed by atoms with E-state index in [-0.39, 0.29) is 5.75 Å². The molecular weight excluding hydrogens is 439 g/mol. The molecule has 0 unspecified atom stereocenters. The third-order valence-electron chi connectivity index (χ3n) is 5.15. The van der Waals surface area contributed by atoms with Gasteiger partial charge >= 0.3 is 7.82 Å². The van der Waals surface area contributed by atoms with E-state index >= 15 is 0 Å². The molecule has 0 bridgehead atoms. The SMILES string of the molecule is O=P(O)(O)Oc1c(CCOc2ccccc2)c(CCOc2ccccc2)cc2ccccc12. The van der Waals surface area contributed by atoms with Crippen molar-refractivity contribution >= 4 is 18.6 Å². The Bertz CT molecular complexity index is 1240. The highest BCUT2D eigenvalue weighted by Crippen LogP contribution is 2.44. The molecule has 2 N–H and O–H groups in total. The number of rotatable bonds is 10. The Kier molecular flexibility index (Phi) is 7.30. The van der Waals surface area contributed by atoms with Crippen molar-refractivity contribution in [2.45, 2.75) is 12.8 Å². The number of phosphoric acid groups is 1. The maximum atomic E-state index is 11.8. The Balaban J connectivity index is 1.65. The number of fused-ring (bicyclic) bond motifs is 1. The van der Waals surface area contributed by atoms with E-state index in [9.17, 15) is 14.4 Å². The lowest BCUT2D eigenvalue weighted by Crippen LogP contribution is -2.10. The summed E-state index contributed by atoms with van der Waals surface area (Å²) in [7, 11) is -4.77. The first-order valence-electron chi connectivity index (χ1n) is 10.6. The number of benzene rings is 4. The van der Waals surface area contributed by atoms with E-state index in [2.05, 4.69) is 0 Å². The van der Waals surface area contributed by atoms with Crippen molar-refractivity contribution in [1.29, 1.82) is 0 Å². The van der Waals surface area contributed by atoms with Crippen LogP contribution >= 0.6 is 7.82 Å². The standard InChI is InChI=1S/C26H25O6P/c27-33(28,29)32-26-24-14-8-7-9-20(24)19-21(15-17-30-22-10-3-1-4-11-22)25(26)16-18-31-23-12-5-2-6-13-23/h1-14,19H,15-18H2,(H2,27,28,29). The normalized spacial score (nSPS) is 11.3. The van der Waals surface area contributed by atoms with Crippen LogP contribution < -0.4 is 14.0 Å². The van der Waals surface area contributed by atoms with Gasteiger partial charge in [-0.05, 0) is 35.2 Å². The molecule has 0 aliphatic heterocycles. The van der Waals surface area contributed by atoms with Crippen LogP contribution in [0.5, 0.6) is 17.2 Å². The number of ether oxygens (including phenoxy) is 2. The molecule has 0 atom stereocenters. The van der Waals surface area contributed by atoms with Gasteiger partial charge in [-0.1, -0.05) is 66.7 Å². The van der Waals surface area contributed by atoms with Gasteiger partial charge in [-0.15, -0.1) is 0 Å². The lowest BCUT2D eigenvalue weighted by Gasteiger charge is -2.19. The summed E-state index contributed by atoms with van der Waals surface area (Å²) in [6.45, 7) is 0.733. The van der Waals surface area contributed by atoms with Crippen LogP contribution in [0.15, 0.2) is 91.0 Å². The van der Waals surface area contributed by atoms with Gasteiger partial charge in [-0.25, -0.2) is 4.57 Å².